The average Bonchev–Trinajstić information content (AvgIpc) is 2.92. The molecule has 1 unspecified atom stereocenters. The van der Waals surface area contributed by atoms with Gasteiger partial charge >= 0.3 is 0 Å². The first-order valence-electron chi connectivity index (χ1n) is 12.0. The molecule has 3 aromatic rings. The van der Waals surface area contributed by atoms with Gasteiger partial charge in [-0.25, -0.2) is 0 Å². The molecular formula is C28H32N2O5. The van der Waals surface area contributed by atoms with Crippen molar-refractivity contribution in [3.05, 3.63) is 70.7 Å². The number of nitrogens with zero attached hydrogens (tertiary/aromatic N) is 2. The van der Waals surface area contributed by atoms with Crippen molar-refractivity contribution in [2.24, 2.45) is 4.99 Å². The van der Waals surface area contributed by atoms with Crippen LogP contribution in [-0.4, -0.2) is 51.3 Å². The molecule has 2 aromatic carbocycles. The summed E-state index contributed by atoms with van der Waals surface area (Å²) in [7, 11) is 3.37. The van der Waals surface area contributed by atoms with E-state index >= 15 is 0 Å². The topological polar surface area (TPSA) is 63.4 Å². The minimum atomic E-state index is -0.0322. The fourth-order valence-corrected chi connectivity index (χ4v) is 4.85. The molecule has 0 aliphatic carbocycles. The second-order valence-electron chi connectivity index (χ2n) is 8.75. The highest BCUT2D eigenvalue weighted by Gasteiger charge is 2.26. The van der Waals surface area contributed by atoms with Gasteiger partial charge in [0, 0.05) is 29.3 Å². The molecule has 7 heteroatoms. The van der Waals surface area contributed by atoms with E-state index in [-0.39, 0.29) is 6.10 Å². The van der Waals surface area contributed by atoms with Gasteiger partial charge in [-0.15, -0.1) is 0 Å². The van der Waals surface area contributed by atoms with Crippen LogP contribution < -0.4 is 19.7 Å². The summed E-state index contributed by atoms with van der Waals surface area (Å²) in [6.07, 6.45) is 0.790. The van der Waals surface area contributed by atoms with Crippen LogP contribution in [0.1, 0.15) is 16.7 Å². The van der Waals surface area contributed by atoms with E-state index in [2.05, 4.69) is 35.8 Å². The second-order valence-corrected chi connectivity index (χ2v) is 8.75. The van der Waals surface area contributed by atoms with E-state index in [9.17, 15) is 0 Å². The fourth-order valence-electron chi connectivity index (χ4n) is 4.85. The molecule has 3 heterocycles. The monoisotopic (exact) mass is 476 g/mol. The van der Waals surface area contributed by atoms with Crippen LogP contribution in [0.15, 0.2) is 53.5 Å². The predicted octanol–water partition coefficient (Wildman–Crippen LogP) is 3.93. The Balaban J connectivity index is 1.60. The fraction of sp³-hybridized carbons (Fsp3) is 0.393. The lowest BCUT2D eigenvalue weighted by Gasteiger charge is -2.28. The van der Waals surface area contributed by atoms with Crippen LogP contribution in [0.2, 0.25) is 0 Å². The molecule has 2 aliphatic rings. The average molecular weight is 477 g/mol. The maximum atomic E-state index is 6.35. The molecular weight excluding hydrogens is 444 g/mol. The molecule has 1 atom stereocenters. The Hall–Kier alpha value is -3.29. The van der Waals surface area contributed by atoms with Crippen LogP contribution in [-0.2, 0) is 29.0 Å². The lowest BCUT2D eigenvalue weighted by atomic mass is 9.93. The van der Waals surface area contributed by atoms with Crippen LogP contribution in [0.5, 0.6) is 17.2 Å². The standard InChI is InChI=1S/C28H32N2O5/c1-19-25(35-17-20-7-5-4-6-8-20)15-26(29-16-21-18-33-13-14-34-21)30-12-11-23-22(27(19)30)9-10-24(31-2)28(23)32-3/h4-10,15,21H,11-14,16-18H2,1-3H3. The Kier molecular flexibility index (Phi) is 7.06. The zero-order valence-electron chi connectivity index (χ0n) is 20.6. The molecule has 35 heavy (non-hydrogen) atoms. The number of hydrogen-bond acceptors (Lipinski definition) is 6. The van der Waals surface area contributed by atoms with Crippen LogP contribution >= 0.6 is 0 Å². The lowest BCUT2D eigenvalue weighted by molar-refractivity contribution is -0.0835. The van der Waals surface area contributed by atoms with E-state index in [0.29, 0.717) is 33.0 Å². The first kappa shape index (κ1) is 23.5. The van der Waals surface area contributed by atoms with Gasteiger partial charge in [0.25, 0.3) is 0 Å². The molecule has 1 saturated heterocycles. The van der Waals surface area contributed by atoms with Gasteiger partial charge in [0.15, 0.2) is 11.5 Å². The predicted molar refractivity (Wildman–Crippen MR) is 133 cm³/mol. The smallest absolute Gasteiger partial charge is 0.164 e. The van der Waals surface area contributed by atoms with E-state index in [1.807, 2.05) is 24.3 Å². The van der Waals surface area contributed by atoms with Gasteiger partial charge in [0.2, 0.25) is 0 Å². The van der Waals surface area contributed by atoms with Crippen molar-refractivity contribution in [1.29, 1.82) is 0 Å². The third-order valence-corrected chi connectivity index (χ3v) is 6.60. The van der Waals surface area contributed by atoms with Crippen molar-refractivity contribution >= 4 is 0 Å². The summed E-state index contributed by atoms with van der Waals surface area (Å²) in [5.41, 5.74) is 6.43. The van der Waals surface area contributed by atoms with Crippen molar-refractivity contribution in [2.45, 2.75) is 32.6 Å². The Morgan fingerprint density at radius 1 is 1.03 bits per heavy atom. The minimum absolute atomic E-state index is 0.0322. The molecule has 0 saturated carbocycles. The van der Waals surface area contributed by atoms with Crippen LogP contribution in [0.25, 0.3) is 11.3 Å². The van der Waals surface area contributed by atoms with Gasteiger partial charge in [-0.05, 0) is 31.0 Å². The molecule has 1 aromatic heterocycles. The molecule has 0 radical (unpaired) electrons. The Morgan fingerprint density at radius 2 is 1.89 bits per heavy atom. The van der Waals surface area contributed by atoms with Gasteiger partial charge in [-0.2, -0.15) is 0 Å². The molecule has 2 aliphatic heterocycles. The summed E-state index contributed by atoms with van der Waals surface area (Å²) in [5.74, 6) is 2.35. The number of fused-ring (bicyclic) bond motifs is 3. The number of methoxy groups -OCH3 is 2. The van der Waals surface area contributed by atoms with Crippen molar-refractivity contribution in [2.75, 3.05) is 40.6 Å². The van der Waals surface area contributed by atoms with E-state index in [1.54, 1.807) is 14.2 Å². The van der Waals surface area contributed by atoms with Crippen molar-refractivity contribution < 1.29 is 23.7 Å². The van der Waals surface area contributed by atoms with Crippen LogP contribution in [0.4, 0.5) is 0 Å². The Labute approximate surface area is 205 Å². The Morgan fingerprint density at radius 3 is 2.63 bits per heavy atom. The van der Waals surface area contributed by atoms with Gasteiger partial charge in [0.1, 0.15) is 23.9 Å². The molecule has 0 bridgehead atoms. The van der Waals surface area contributed by atoms with Crippen molar-refractivity contribution in [1.82, 2.24) is 4.57 Å². The second kappa shape index (κ2) is 10.5. The van der Waals surface area contributed by atoms with Crippen LogP contribution in [0.3, 0.4) is 0 Å². The number of ether oxygens (including phenoxy) is 5. The molecule has 5 rings (SSSR count). The lowest BCUT2D eigenvalue weighted by Crippen LogP contribution is -2.33. The van der Waals surface area contributed by atoms with E-state index in [4.69, 9.17) is 28.7 Å². The Bertz CT molecular complexity index is 1250. The SMILES string of the molecule is COc1ccc2c(c1OC)CCn1c-2c(C)c(OCc2ccccc2)cc1=NCC1COCCO1. The molecule has 0 N–H and O–H groups in total. The summed E-state index contributed by atoms with van der Waals surface area (Å²) in [5, 5.41) is 0. The quantitative estimate of drug-likeness (QED) is 0.517. The maximum absolute atomic E-state index is 6.35. The number of benzene rings is 2. The number of aromatic nitrogens is 1. The highest BCUT2D eigenvalue weighted by Crippen LogP contribution is 2.42. The van der Waals surface area contributed by atoms with Crippen molar-refractivity contribution in [3.8, 4) is 28.5 Å². The van der Waals surface area contributed by atoms with Gasteiger partial charge < -0.3 is 28.3 Å². The third-order valence-electron chi connectivity index (χ3n) is 6.60. The zero-order valence-corrected chi connectivity index (χ0v) is 20.6. The summed E-state index contributed by atoms with van der Waals surface area (Å²) >= 11 is 0. The first-order valence-corrected chi connectivity index (χ1v) is 12.0. The normalized spacial score (nSPS) is 17.5. The largest absolute Gasteiger partial charge is 0.493 e. The van der Waals surface area contributed by atoms with E-state index < -0.39 is 0 Å². The molecule has 184 valence electrons. The van der Waals surface area contributed by atoms with E-state index in [0.717, 1.165) is 63.6 Å². The van der Waals surface area contributed by atoms with Gasteiger partial charge in [-0.3, -0.25) is 4.99 Å². The number of pyridine rings is 1. The van der Waals surface area contributed by atoms with Crippen molar-refractivity contribution in [3.63, 3.8) is 0 Å². The molecule has 0 amide bonds. The number of hydrogen-bond donors (Lipinski definition) is 0. The summed E-state index contributed by atoms with van der Waals surface area (Å²) < 4.78 is 31.3. The van der Waals surface area contributed by atoms with Gasteiger partial charge in [-0.1, -0.05) is 30.3 Å². The summed E-state index contributed by atoms with van der Waals surface area (Å²) in [6, 6.07) is 16.3. The van der Waals surface area contributed by atoms with Crippen LogP contribution in [0, 0.1) is 6.92 Å². The van der Waals surface area contributed by atoms with Gasteiger partial charge in [0.05, 0.1) is 46.3 Å². The van der Waals surface area contributed by atoms with E-state index in [1.165, 1.54) is 0 Å². The molecule has 1 fully saturated rings. The first-order chi connectivity index (χ1) is 17.2. The third kappa shape index (κ3) is 4.79. The summed E-state index contributed by atoms with van der Waals surface area (Å²) in [4.78, 5) is 4.97. The molecule has 0 spiro atoms. The minimum Gasteiger partial charge on any atom is -0.493 e. The maximum Gasteiger partial charge on any atom is 0.164 e. The molecule has 7 nitrogen and oxygen atoms in total. The number of rotatable bonds is 7. The highest BCUT2D eigenvalue weighted by molar-refractivity contribution is 5.75. The highest BCUT2D eigenvalue weighted by atomic mass is 16.6. The zero-order chi connectivity index (χ0) is 24.2. The summed E-state index contributed by atoms with van der Waals surface area (Å²) in [6.45, 7) is 5.75.